The Kier molecular flexibility index (Phi) is 4.61. The van der Waals surface area contributed by atoms with E-state index in [-0.39, 0.29) is 12.1 Å². The number of likely N-dealkylation sites (N-methyl/N-ethyl adjacent to an activating group) is 1. The lowest BCUT2D eigenvalue weighted by Crippen LogP contribution is -2.39. The number of nitrogens with zero attached hydrogens (tertiary/aromatic N) is 2. The summed E-state index contributed by atoms with van der Waals surface area (Å²) in [7, 11) is 2.08. The van der Waals surface area contributed by atoms with Gasteiger partial charge < -0.3 is 14.1 Å². The van der Waals surface area contributed by atoms with Gasteiger partial charge in [-0.25, -0.2) is 4.79 Å². The summed E-state index contributed by atoms with van der Waals surface area (Å²) in [5, 5.41) is 0. The molecule has 0 spiro atoms. The topological polar surface area (TPSA) is 45.9 Å². The van der Waals surface area contributed by atoms with Crippen molar-refractivity contribution in [3.8, 4) is 0 Å². The Hall–Kier alpha value is -1.49. The van der Waals surface area contributed by atoms with Gasteiger partial charge in [-0.05, 0) is 53.3 Å². The molecule has 2 heterocycles. The fraction of sp³-hybridized carbons (Fsp3) is 0.688. The second-order valence-electron chi connectivity index (χ2n) is 6.73. The van der Waals surface area contributed by atoms with Crippen molar-refractivity contribution in [2.45, 2.75) is 51.8 Å². The number of furan rings is 1. The zero-order valence-electron chi connectivity index (χ0n) is 13.6. The summed E-state index contributed by atoms with van der Waals surface area (Å²) < 4.78 is 10.9. The lowest BCUT2D eigenvalue weighted by Gasteiger charge is -2.30. The van der Waals surface area contributed by atoms with E-state index in [1.807, 2.05) is 32.9 Å². The summed E-state index contributed by atoms with van der Waals surface area (Å²) in [5.41, 5.74) is -0.442. The average molecular weight is 294 g/mol. The van der Waals surface area contributed by atoms with Gasteiger partial charge in [-0.15, -0.1) is 0 Å². The second kappa shape index (κ2) is 6.10. The maximum Gasteiger partial charge on any atom is 0.410 e. The van der Waals surface area contributed by atoms with E-state index in [0.717, 1.165) is 18.7 Å². The van der Waals surface area contributed by atoms with Crippen LogP contribution in [-0.2, 0) is 4.74 Å². The molecule has 0 saturated carbocycles. The molecule has 0 aromatic carbocycles. The molecular formula is C16H26N2O3. The Balaban J connectivity index is 1.91. The van der Waals surface area contributed by atoms with E-state index in [0.29, 0.717) is 12.6 Å². The van der Waals surface area contributed by atoms with Gasteiger partial charge in [0.15, 0.2) is 0 Å². The van der Waals surface area contributed by atoms with Gasteiger partial charge in [-0.2, -0.15) is 0 Å². The fourth-order valence-corrected chi connectivity index (χ4v) is 2.61. The first-order valence-electron chi connectivity index (χ1n) is 7.51. The van der Waals surface area contributed by atoms with Gasteiger partial charge in [0.2, 0.25) is 0 Å². The number of hydrogen-bond donors (Lipinski definition) is 0. The van der Waals surface area contributed by atoms with Crippen LogP contribution >= 0.6 is 0 Å². The Morgan fingerprint density at radius 2 is 2.24 bits per heavy atom. The van der Waals surface area contributed by atoms with Crippen molar-refractivity contribution in [2.75, 3.05) is 20.1 Å². The van der Waals surface area contributed by atoms with Crippen LogP contribution in [0.1, 0.15) is 45.9 Å². The van der Waals surface area contributed by atoms with E-state index in [1.165, 1.54) is 0 Å². The van der Waals surface area contributed by atoms with Crippen molar-refractivity contribution < 1.29 is 13.9 Å². The molecule has 0 radical (unpaired) electrons. The molecule has 2 rings (SSSR count). The molecule has 21 heavy (non-hydrogen) atoms. The highest BCUT2D eigenvalue weighted by Crippen LogP contribution is 2.26. The van der Waals surface area contributed by atoms with Crippen molar-refractivity contribution in [3.05, 3.63) is 24.2 Å². The van der Waals surface area contributed by atoms with Crippen molar-refractivity contribution >= 4 is 6.09 Å². The van der Waals surface area contributed by atoms with E-state index in [2.05, 4.69) is 18.9 Å². The summed E-state index contributed by atoms with van der Waals surface area (Å²) in [6.45, 7) is 9.25. The standard InChI is InChI=1S/C16H26N2O3/c1-12(14-7-6-10-20-14)17(5)13-8-9-18(11-13)15(19)21-16(2,3)4/h6-7,10,12-13H,8-9,11H2,1-5H3. The molecule has 2 atom stereocenters. The van der Waals surface area contributed by atoms with Gasteiger partial charge in [0, 0.05) is 19.1 Å². The Bertz CT molecular complexity index is 464. The van der Waals surface area contributed by atoms with E-state index < -0.39 is 5.60 Å². The lowest BCUT2D eigenvalue weighted by atomic mass is 10.1. The van der Waals surface area contributed by atoms with Crippen LogP contribution in [0.15, 0.2) is 22.8 Å². The van der Waals surface area contributed by atoms with Crippen LogP contribution in [0.5, 0.6) is 0 Å². The van der Waals surface area contributed by atoms with Crippen LogP contribution in [0.4, 0.5) is 4.79 Å². The summed E-state index contributed by atoms with van der Waals surface area (Å²) in [6.07, 6.45) is 2.44. The van der Waals surface area contributed by atoms with Crippen LogP contribution < -0.4 is 0 Å². The van der Waals surface area contributed by atoms with Gasteiger partial charge in [0.1, 0.15) is 11.4 Å². The molecule has 0 N–H and O–H groups in total. The van der Waals surface area contributed by atoms with Crippen LogP contribution in [0.3, 0.4) is 0 Å². The molecule has 5 heteroatoms. The molecule has 1 amide bonds. The van der Waals surface area contributed by atoms with Crippen LogP contribution in [0, 0.1) is 0 Å². The quantitative estimate of drug-likeness (QED) is 0.858. The molecule has 1 fully saturated rings. The highest BCUT2D eigenvalue weighted by Gasteiger charge is 2.33. The first kappa shape index (κ1) is 15.9. The Labute approximate surface area is 126 Å². The van der Waals surface area contributed by atoms with Crippen molar-refractivity contribution in [1.82, 2.24) is 9.80 Å². The highest BCUT2D eigenvalue weighted by molar-refractivity contribution is 5.68. The third-order valence-corrected chi connectivity index (χ3v) is 3.96. The van der Waals surface area contributed by atoms with Gasteiger partial charge in [0.25, 0.3) is 0 Å². The van der Waals surface area contributed by atoms with Crippen molar-refractivity contribution in [2.24, 2.45) is 0 Å². The number of ether oxygens (including phenoxy) is 1. The number of amides is 1. The van der Waals surface area contributed by atoms with Crippen LogP contribution in [-0.4, -0.2) is 47.7 Å². The minimum Gasteiger partial charge on any atom is -0.468 e. The normalized spacial score (nSPS) is 20.9. The molecule has 0 bridgehead atoms. The van der Waals surface area contributed by atoms with E-state index in [4.69, 9.17) is 9.15 Å². The van der Waals surface area contributed by atoms with E-state index in [9.17, 15) is 4.79 Å². The van der Waals surface area contributed by atoms with Gasteiger partial charge in [-0.1, -0.05) is 0 Å². The minimum absolute atomic E-state index is 0.198. The number of carbonyl (C=O) groups excluding carboxylic acids is 1. The maximum absolute atomic E-state index is 12.1. The molecule has 1 saturated heterocycles. The largest absolute Gasteiger partial charge is 0.468 e. The first-order chi connectivity index (χ1) is 9.78. The van der Waals surface area contributed by atoms with Crippen LogP contribution in [0.25, 0.3) is 0 Å². The minimum atomic E-state index is -0.442. The zero-order valence-corrected chi connectivity index (χ0v) is 13.6. The summed E-state index contributed by atoms with van der Waals surface area (Å²) in [5.74, 6) is 0.952. The predicted molar refractivity (Wildman–Crippen MR) is 81.1 cm³/mol. The number of likely N-dealkylation sites (tertiary alicyclic amines) is 1. The molecule has 1 aliphatic heterocycles. The Morgan fingerprint density at radius 1 is 1.52 bits per heavy atom. The molecule has 2 unspecified atom stereocenters. The van der Waals surface area contributed by atoms with Gasteiger partial charge >= 0.3 is 6.09 Å². The molecule has 0 aliphatic carbocycles. The smallest absolute Gasteiger partial charge is 0.410 e. The number of rotatable bonds is 3. The molecule has 1 aliphatic rings. The summed E-state index contributed by atoms with van der Waals surface area (Å²) >= 11 is 0. The third-order valence-electron chi connectivity index (χ3n) is 3.96. The SMILES string of the molecule is CC(c1ccco1)N(C)C1CCN(C(=O)OC(C)(C)C)C1. The molecule has 118 valence electrons. The van der Waals surface area contributed by atoms with E-state index in [1.54, 1.807) is 11.2 Å². The molecule has 1 aromatic heterocycles. The van der Waals surface area contributed by atoms with Gasteiger partial charge in [0.05, 0.1) is 12.3 Å². The lowest BCUT2D eigenvalue weighted by molar-refractivity contribution is 0.0277. The van der Waals surface area contributed by atoms with E-state index >= 15 is 0 Å². The number of hydrogen-bond acceptors (Lipinski definition) is 4. The third kappa shape index (κ3) is 4.00. The fourth-order valence-electron chi connectivity index (χ4n) is 2.61. The predicted octanol–water partition coefficient (Wildman–Crippen LogP) is 3.28. The molecule has 1 aromatic rings. The van der Waals surface area contributed by atoms with Crippen molar-refractivity contribution in [3.63, 3.8) is 0 Å². The van der Waals surface area contributed by atoms with Crippen molar-refractivity contribution in [1.29, 1.82) is 0 Å². The molecule has 5 nitrogen and oxygen atoms in total. The summed E-state index contributed by atoms with van der Waals surface area (Å²) in [4.78, 5) is 16.2. The van der Waals surface area contributed by atoms with Gasteiger partial charge in [-0.3, -0.25) is 4.90 Å². The first-order valence-corrected chi connectivity index (χ1v) is 7.51. The maximum atomic E-state index is 12.1. The monoisotopic (exact) mass is 294 g/mol. The zero-order chi connectivity index (χ0) is 15.6. The van der Waals surface area contributed by atoms with Crippen LogP contribution in [0.2, 0.25) is 0 Å². The number of carbonyl (C=O) groups is 1. The Morgan fingerprint density at radius 3 is 2.81 bits per heavy atom. The average Bonchev–Trinajstić information content (AvgIpc) is 3.06. The summed E-state index contributed by atoms with van der Waals surface area (Å²) in [6, 6.07) is 4.42. The molecular weight excluding hydrogens is 268 g/mol. The highest BCUT2D eigenvalue weighted by atomic mass is 16.6. The second-order valence-corrected chi connectivity index (χ2v) is 6.73.